The Morgan fingerprint density at radius 2 is 2.00 bits per heavy atom. The van der Waals surface area contributed by atoms with Gasteiger partial charge in [0, 0.05) is 13.0 Å². The van der Waals surface area contributed by atoms with E-state index in [-0.39, 0.29) is 13.0 Å². The predicted octanol–water partition coefficient (Wildman–Crippen LogP) is 1.16. The summed E-state index contributed by atoms with van der Waals surface area (Å²) in [5, 5.41) is 2.62. The summed E-state index contributed by atoms with van der Waals surface area (Å²) in [5.41, 5.74) is -0.719. The summed E-state index contributed by atoms with van der Waals surface area (Å²) >= 11 is 0. The predicted molar refractivity (Wildman–Crippen MR) is 53.6 cm³/mol. The molecule has 6 heteroatoms. The molecule has 92 valence electrons. The quantitative estimate of drug-likeness (QED) is 0.544. The topological polar surface area (TPSA) is 64.6 Å². The molecule has 0 amide bonds. The lowest BCUT2D eigenvalue weighted by Crippen LogP contribution is -2.35. The van der Waals surface area contributed by atoms with E-state index in [2.05, 4.69) is 10.1 Å². The van der Waals surface area contributed by atoms with Crippen LogP contribution in [0.2, 0.25) is 0 Å². The molecule has 1 saturated heterocycles. The molecule has 1 aliphatic heterocycles. The molecule has 0 bridgehead atoms. The highest BCUT2D eigenvalue weighted by Crippen LogP contribution is 2.13. The van der Waals surface area contributed by atoms with Gasteiger partial charge in [-0.1, -0.05) is 0 Å². The molecule has 0 aromatic carbocycles. The van der Waals surface area contributed by atoms with E-state index in [1.165, 1.54) is 0 Å². The third kappa shape index (κ3) is 4.14. The second-order valence-corrected chi connectivity index (χ2v) is 4.68. The van der Waals surface area contributed by atoms with Crippen LogP contribution in [0.5, 0.6) is 0 Å². The average molecular weight is 233 g/mol. The van der Waals surface area contributed by atoms with E-state index in [1.807, 2.05) is 0 Å². The molecule has 0 saturated carbocycles. The van der Waals surface area contributed by atoms with Gasteiger partial charge in [-0.3, -0.25) is 0 Å². The SMILES string of the molecule is CC(C)(C)OC(=O)OC(=O)C1CC(F)CN1. The highest BCUT2D eigenvalue weighted by Gasteiger charge is 2.32. The Hall–Kier alpha value is -1.17. The molecule has 2 unspecified atom stereocenters. The summed E-state index contributed by atoms with van der Waals surface area (Å²) in [6.45, 7) is 5.08. The summed E-state index contributed by atoms with van der Waals surface area (Å²) in [5.74, 6) is -0.797. The van der Waals surface area contributed by atoms with Crippen molar-refractivity contribution in [1.82, 2.24) is 5.32 Å². The largest absolute Gasteiger partial charge is 0.516 e. The third-order valence-electron chi connectivity index (χ3n) is 1.94. The molecule has 0 aliphatic carbocycles. The summed E-state index contributed by atoms with van der Waals surface area (Å²) in [6.07, 6.45) is -2.10. The fourth-order valence-electron chi connectivity index (χ4n) is 1.30. The molecule has 1 rings (SSSR count). The molecule has 0 aromatic rings. The number of carbonyl (C=O) groups is 2. The van der Waals surface area contributed by atoms with Gasteiger partial charge in [-0.25, -0.2) is 14.0 Å². The van der Waals surface area contributed by atoms with E-state index in [0.29, 0.717) is 0 Å². The van der Waals surface area contributed by atoms with Gasteiger partial charge >= 0.3 is 12.1 Å². The van der Waals surface area contributed by atoms with Gasteiger partial charge in [0.05, 0.1) is 0 Å². The molecule has 1 heterocycles. The van der Waals surface area contributed by atoms with E-state index in [9.17, 15) is 14.0 Å². The van der Waals surface area contributed by atoms with Crippen LogP contribution >= 0.6 is 0 Å². The maximum atomic E-state index is 12.8. The number of carbonyl (C=O) groups excluding carboxylic acids is 2. The molecule has 1 fully saturated rings. The maximum Gasteiger partial charge on any atom is 0.516 e. The molecule has 5 nitrogen and oxygen atoms in total. The van der Waals surface area contributed by atoms with Crippen molar-refractivity contribution in [3.63, 3.8) is 0 Å². The number of nitrogens with one attached hydrogen (secondary N) is 1. The summed E-state index contributed by atoms with van der Waals surface area (Å²) in [7, 11) is 0. The van der Waals surface area contributed by atoms with Gasteiger partial charge in [0.15, 0.2) is 0 Å². The number of esters is 1. The van der Waals surface area contributed by atoms with Crippen molar-refractivity contribution < 1.29 is 23.5 Å². The first-order valence-corrected chi connectivity index (χ1v) is 5.10. The Morgan fingerprint density at radius 3 is 2.44 bits per heavy atom. The zero-order chi connectivity index (χ0) is 12.3. The molecule has 0 spiro atoms. The smallest absolute Gasteiger partial charge is 0.428 e. The minimum Gasteiger partial charge on any atom is -0.428 e. The van der Waals surface area contributed by atoms with Gasteiger partial charge in [-0.15, -0.1) is 0 Å². The Balaban J connectivity index is 2.37. The van der Waals surface area contributed by atoms with Gasteiger partial charge in [0.1, 0.15) is 17.8 Å². The van der Waals surface area contributed by atoms with Gasteiger partial charge < -0.3 is 14.8 Å². The van der Waals surface area contributed by atoms with Crippen LogP contribution in [0.1, 0.15) is 27.2 Å². The second-order valence-electron chi connectivity index (χ2n) is 4.68. The van der Waals surface area contributed by atoms with E-state index < -0.39 is 29.9 Å². The molecule has 2 atom stereocenters. The first kappa shape index (κ1) is 12.9. The lowest BCUT2D eigenvalue weighted by Gasteiger charge is -2.18. The normalized spacial score (nSPS) is 25.2. The maximum absolute atomic E-state index is 12.8. The minimum absolute atomic E-state index is 0.0294. The molecular formula is C10H16FNO4. The van der Waals surface area contributed by atoms with Crippen LogP contribution in [0.3, 0.4) is 0 Å². The molecule has 1 aliphatic rings. The fraction of sp³-hybridized carbons (Fsp3) is 0.800. The van der Waals surface area contributed by atoms with Crippen LogP contribution in [-0.2, 0) is 14.3 Å². The number of ether oxygens (including phenoxy) is 2. The van der Waals surface area contributed by atoms with Crippen molar-refractivity contribution in [1.29, 1.82) is 0 Å². The zero-order valence-corrected chi connectivity index (χ0v) is 9.58. The zero-order valence-electron chi connectivity index (χ0n) is 9.58. The summed E-state index contributed by atoms with van der Waals surface area (Å²) < 4.78 is 22.0. The first-order chi connectivity index (χ1) is 7.28. The van der Waals surface area contributed by atoms with E-state index in [4.69, 9.17) is 4.74 Å². The number of hydrogen-bond acceptors (Lipinski definition) is 5. The van der Waals surface area contributed by atoms with Crippen LogP contribution < -0.4 is 5.32 Å². The fourth-order valence-corrected chi connectivity index (χ4v) is 1.30. The number of rotatable bonds is 1. The Morgan fingerprint density at radius 1 is 1.38 bits per heavy atom. The van der Waals surface area contributed by atoms with Crippen LogP contribution in [0.15, 0.2) is 0 Å². The Kier molecular flexibility index (Phi) is 3.85. The summed E-state index contributed by atoms with van der Waals surface area (Å²) in [4.78, 5) is 22.5. The van der Waals surface area contributed by atoms with Gasteiger partial charge in [-0.05, 0) is 20.8 Å². The van der Waals surface area contributed by atoms with Crippen LogP contribution in [0.4, 0.5) is 9.18 Å². The van der Waals surface area contributed by atoms with Crippen molar-refractivity contribution in [3.8, 4) is 0 Å². The van der Waals surface area contributed by atoms with E-state index >= 15 is 0 Å². The average Bonchev–Trinajstić information content (AvgIpc) is 2.47. The summed E-state index contributed by atoms with van der Waals surface area (Å²) in [6, 6.07) is -0.762. The molecule has 1 N–H and O–H groups in total. The van der Waals surface area contributed by atoms with Crippen molar-refractivity contribution in [2.75, 3.05) is 6.54 Å². The number of hydrogen-bond donors (Lipinski definition) is 1. The number of halogens is 1. The van der Waals surface area contributed by atoms with Crippen LogP contribution in [0, 0.1) is 0 Å². The highest BCUT2D eigenvalue weighted by molar-refractivity contribution is 5.85. The molecule has 0 aromatic heterocycles. The van der Waals surface area contributed by atoms with Gasteiger partial charge in [-0.2, -0.15) is 0 Å². The minimum atomic E-state index is -1.07. The van der Waals surface area contributed by atoms with E-state index in [0.717, 1.165) is 0 Å². The first-order valence-electron chi connectivity index (χ1n) is 5.10. The van der Waals surface area contributed by atoms with Crippen LogP contribution in [-0.4, -0.2) is 36.5 Å². The van der Waals surface area contributed by atoms with Gasteiger partial charge in [0.25, 0.3) is 0 Å². The Bertz CT molecular complexity index is 287. The lowest BCUT2D eigenvalue weighted by atomic mass is 10.2. The van der Waals surface area contributed by atoms with Crippen molar-refractivity contribution in [2.45, 2.75) is 45.0 Å². The van der Waals surface area contributed by atoms with Gasteiger partial charge in [0.2, 0.25) is 0 Å². The molecule has 0 radical (unpaired) electrons. The van der Waals surface area contributed by atoms with E-state index in [1.54, 1.807) is 20.8 Å². The third-order valence-corrected chi connectivity index (χ3v) is 1.94. The van der Waals surface area contributed by atoms with Crippen LogP contribution in [0.25, 0.3) is 0 Å². The molecular weight excluding hydrogens is 217 g/mol. The lowest BCUT2D eigenvalue weighted by molar-refractivity contribution is -0.143. The molecule has 16 heavy (non-hydrogen) atoms. The number of alkyl halides is 1. The van der Waals surface area contributed by atoms with Crippen molar-refractivity contribution >= 4 is 12.1 Å². The highest BCUT2D eigenvalue weighted by atomic mass is 19.1. The standard InChI is InChI=1S/C10H16FNO4/c1-10(2,3)16-9(14)15-8(13)7-4-6(11)5-12-7/h6-7,12H,4-5H2,1-3H3. The second kappa shape index (κ2) is 4.78. The Labute approximate surface area is 93.3 Å². The van der Waals surface area contributed by atoms with Crippen molar-refractivity contribution in [3.05, 3.63) is 0 Å². The van der Waals surface area contributed by atoms with Crippen molar-refractivity contribution in [2.24, 2.45) is 0 Å². The monoisotopic (exact) mass is 233 g/mol.